The summed E-state index contributed by atoms with van der Waals surface area (Å²) < 4.78 is 0. The fourth-order valence-corrected chi connectivity index (χ4v) is 6.56. The van der Waals surface area contributed by atoms with Gasteiger partial charge in [0.1, 0.15) is 22.2 Å². The van der Waals surface area contributed by atoms with E-state index in [0.717, 1.165) is 76.1 Å². The Morgan fingerprint density at radius 3 is 2.38 bits per heavy atom. The van der Waals surface area contributed by atoms with Crippen LogP contribution in [0.4, 0.5) is 11.5 Å². The molecule has 1 unspecified atom stereocenters. The number of amides is 1. The van der Waals surface area contributed by atoms with Gasteiger partial charge in [0.2, 0.25) is 11.6 Å². The van der Waals surface area contributed by atoms with E-state index in [9.17, 15) is 10.1 Å². The maximum atomic E-state index is 12.5. The van der Waals surface area contributed by atoms with Crippen LogP contribution < -0.4 is 10.6 Å². The molecular weight excluding hydrogens is 482 g/mol. The molecule has 0 spiro atoms. The van der Waals surface area contributed by atoms with Crippen molar-refractivity contribution in [1.82, 2.24) is 14.8 Å². The molecule has 5 rings (SSSR count). The monoisotopic (exact) mass is 515 g/mol. The Balaban J connectivity index is 1.46. The van der Waals surface area contributed by atoms with Gasteiger partial charge in [-0.2, -0.15) is 5.26 Å². The number of piperidine rings is 1. The summed E-state index contributed by atoms with van der Waals surface area (Å²) >= 11 is 1.23. The number of thioether (sulfide) groups is 1. The van der Waals surface area contributed by atoms with E-state index in [1.807, 2.05) is 30.3 Å². The number of nitriles is 1. The highest BCUT2D eigenvalue weighted by Gasteiger charge is 2.36. The van der Waals surface area contributed by atoms with Crippen molar-refractivity contribution in [1.29, 1.82) is 5.26 Å². The minimum absolute atomic E-state index is 0.200. The summed E-state index contributed by atoms with van der Waals surface area (Å²) in [5.74, 6) is 0.386. The van der Waals surface area contributed by atoms with Crippen LogP contribution in [0.2, 0.25) is 0 Å². The van der Waals surface area contributed by atoms with Gasteiger partial charge < -0.3 is 15.5 Å². The van der Waals surface area contributed by atoms with Crippen LogP contribution in [0.5, 0.6) is 0 Å². The lowest BCUT2D eigenvalue weighted by Gasteiger charge is -2.42. The van der Waals surface area contributed by atoms with E-state index in [0.29, 0.717) is 28.1 Å². The van der Waals surface area contributed by atoms with Crippen LogP contribution in [-0.2, 0) is 4.79 Å². The zero-order valence-electron chi connectivity index (χ0n) is 21.3. The van der Waals surface area contributed by atoms with Crippen molar-refractivity contribution in [3.63, 3.8) is 0 Å². The minimum Gasteiger partial charge on any atom is -0.368 e. The Kier molecular flexibility index (Phi) is 7.66. The van der Waals surface area contributed by atoms with Crippen LogP contribution in [-0.4, -0.2) is 73.0 Å². The number of hydrogen-bond donors (Lipinski definition) is 1. The average Bonchev–Trinajstić information content (AvgIpc) is 3.77. The molecule has 37 heavy (non-hydrogen) atoms. The Morgan fingerprint density at radius 2 is 1.81 bits per heavy atom. The molecule has 2 aromatic rings. The van der Waals surface area contributed by atoms with Gasteiger partial charge in [-0.1, -0.05) is 42.1 Å². The number of pyridine rings is 1. The topological polar surface area (TPSA) is 93.8 Å². The summed E-state index contributed by atoms with van der Waals surface area (Å²) in [5, 5.41) is 10.0. The molecule has 3 aliphatic rings. The number of carbonyl (C=O) groups is 1. The number of carbonyl (C=O) groups excluding carboxylic acids is 1. The van der Waals surface area contributed by atoms with Gasteiger partial charge in [-0.25, -0.2) is 9.83 Å². The number of aromatic nitrogens is 1. The largest absolute Gasteiger partial charge is 0.368 e. The second-order valence-electron chi connectivity index (χ2n) is 10.2. The molecule has 2 aliphatic heterocycles. The van der Waals surface area contributed by atoms with E-state index in [4.69, 9.17) is 17.3 Å². The lowest BCUT2D eigenvalue weighted by Crippen LogP contribution is -2.52. The number of likely N-dealkylation sites (N-methyl/N-ethyl adjacent to an activating group) is 1. The molecule has 1 atom stereocenters. The smallest absolute Gasteiger partial charge is 0.235 e. The van der Waals surface area contributed by atoms with E-state index < -0.39 is 11.2 Å². The maximum absolute atomic E-state index is 12.5. The molecule has 1 aromatic heterocycles. The molecule has 1 amide bonds. The third-order valence-electron chi connectivity index (χ3n) is 7.78. The SMILES string of the molecule is [C-]#[N+]c1c(N2CCC(N3CCN(C)CC3)CC2)nc(SC(C(N)=O)c2ccccc2)c(C#N)c1C1CC1. The standard InChI is InChI=1S/C28H33N7OS/c1-31-24-23(19-8-9-19)22(18-29)28(37-25(26(30)36)20-6-4-3-5-7-20)32-27(24)35-12-10-21(11-13-35)34-16-14-33(2)15-17-34/h3-7,19,21,25H,8-17H2,2H3,(H2,30,36). The Morgan fingerprint density at radius 1 is 1.14 bits per heavy atom. The lowest BCUT2D eigenvalue weighted by atomic mass is 10.00. The second kappa shape index (κ2) is 11.1. The highest BCUT2D eigenvalue weighted by molar-refractivity contribution is 8.00. The zero-order chi connectivity index (χ0) is 25.9. The molecule has 3 fully saturated rings. The average molecular weight is 516 g/mol. The van der Waals surface area contributed by atoms with Gasteiger partial charge >= 0.3 is 0 Å². The number of hydrogen-bond acceptors (Lipinski definition) is 7. The van der Waals surface area contributed by atoms with Crippen molar-refractivity contribution >= 4 is 29.2 Å². The molecule has 0 radical (unpaired) electrons. The Bertz CT molecular complexity index is 1220. The molecule has 1 aliphatic carbocycles. The summed E-state index contributed by atoms with van der Waals surface area (Å²) in [6.45, 7) is 14.1. The highest BCUT2D eigenvalue weighted by atomic mass is 32.2. The summed E-state index contributed by atoms with van der Waals surface area (Å²) in [7, 11) is 2.18. The van der Waals surface area contributed by atoms with Crippen molar-refractivity contribution in [2.45, 2.75) is 47.9 Å². The first-order valence-electron chi connectivity index (χ1n) is 13.0. The van der Waals surface area contributed by atoms with Gasteiger partial charge in [0.05, 0.1) is 12.1 Å². The van der Waals surface area contributed by atoms with Crippen LogP contribution in [0.1, 0.15) is 53.5 Å². The van der Waals surface area contributed by atoms with Gasteiger partial charge in [0.25, 0.3) is 0 Å². The molecule has 192 valence electrons. The quantitative estimate of drug-likeness (QED) is 0.441. The fourth-order valence-electron chi connectivity index (χ4n) is 5.51. The van der Waals surface area contributed by atoms with Crippen LogP contribution in [0.15, 0.2) is 35.4 Å². The van der Waals surface area contributed by atoms with E-state index >= 15 is 0 Å². The van der Waals surface area contributed by atoms with Crippen molar-refractivity contribution in [3.05, 3.63) is 58.4 Å². The minimum atomic E-state index is -0.664. The summed E-state index contributed by atoms with van der Waals surface area (Å²) in [6, 6.07) is 12.3. The fraction of sp³-hybridized carbons (Fsp3) is 0.500. The van der Waals surface area contributed by atoms with Crippen molar-refractivity contribution in [2.24, 2.45) is 5.73 Å². The van der Waals surface area contributed by atoms with Crippen molar-refractivity contribution in [3.8, 4) is 6.07 Å². The highest BCUT2D eigenvalue weighted by Crippen LogP contribution is 2.51. The number of piperazine rings is 1. The van der Waals surface area contributed by atoms with Gasteiger partial charge in [-0.05, 0) is 49.8 Å². The zero-order valence-corrected chi connectivity index (χ0v) is 22.1. The van der Waals surface area contributed by atoms with Crippen LogP contribution in [0.3, 0.4) is 0 Å². The Hall–Kier alpha value is -3.11. The predicted molar refractivity (Wildman–Crippen MR) is 146 cm³/mol. The van der Waals surface area contributed by atoms with Gasteiger partial charge in [0, 0.05) is 45.3 Å². The first-order valence-corrected chi connectivity index (χ1v) is 13.9. The molecule has 8 nitrogen and oxygen atoms in total. The molecule has 1 aromatic carbocycles. The van der Waals surface area contributed by atoms with E-state index in [1.165, 1.54) is 11.8 Å². The second-order valence-corrected chi connectivity index (χ2v) is 11.3. The third kappa shape index (κ3) is 5.45. The van der Waals surface area contributed by atoms with Crippen molar-refractivity contribution < 1.29 is 4.79 Å². The number of rotatable bonds is 7. The number of benzene rings is 1. The predicted octanol–water partition coefficient (Wildman–Crippen LogP) is 3.92. The number of nitrogens with two attached hydrogens (primary N) is 1. The van der Waals surface area contributed by atoms with Gasteiger partial charge in [-0.3, -0.25) is 9.69 Å². The number of primary amides is 1. The molecule has 0 bridgehead atoms. The van der Waals surface area contributed by atoms with Gasteiger partial charge in [-0.15, -0.1) is 0 Å². The van der Waals surface area contributed by atoms with Crippen LogP contribution in [0.25, 0.3) is 4.85 Å². The Labute approximate surface area is 223 Å². The molecular formula is C28H33N7OS. The van der Waals surface area contributed by atoms with Crippen molar-refractivity contribution in [2.75, 3.05) is 51.2 Å². The molecule has 2 saturated heterocycles. The molecule has 9 heteroatoms. The van der Waals surface area contributed by atoms with Crippen LogP contribution >= 0.6 is 11.8 Å². The van der Waals surface area contributed by atoms with E-state index in [2.05, 4.69) is 32.7 Å². The maximum Gasteiger partial charge on any atom is 0.235 e. The summed E-state index contributed by atoms with van der Waals surface area (Å²) in [5.41, 5.74) is 8.34. The van der Waals surface area contributed by atoms with Gasteiger partial charge in [0.15, 0.2) is 0 Å². The van der Waals surface area contributed by atoms with E-state index in [1.54, 1.807) is 0 Å². The number of nitrogens with zero attached hydrogens (tertiary/aromatic N) is 6. The molecule has 2 N–H and O–H groups in total. The first kappa shape index (κ1) is 25.5. The summed E-state index contributed by atoms with van der Waals surface area (Å²) in [4.78, 5) is 28.5. The summed E-state index contributed by atoms with van der Waals surface area (Å²) in [6.07, 6.45) is 3.98. The van der Waals surface area contributed by atoms with E-state index in [-0.39, 0.29) is 5.92 Å². The molecule has 1 saturated carbocycles. The van der Waals surface area contributed by atoms with Crippen LogP contribution in [0, 0.1) is 17.9 Å². The normalized spacial score (nSPS) is 20.2. The third-order valence-corrected chi connectivity index (χ3v) is 9.03. The number of anilines is 1. The molecule has 3 heterocycles. The lowest BCUT2D eigenvalue weighted by molar-refractivity contribution is -0.117. The first-order chi connectivity index (χ1) is 18.0.